The zero-order valence-electron chi connectivity index (χ0n) is 13.0. The second-order valence-electron chi connectivity index (χ2n) is 6.73. The van der Waals surface area contributed by atoms with Gasteiger partial charge in [-0.05, 0) is 62.5 Å². The third-order valence-corrected chi connectivity index (χ3v) is 4.86. The van der Waals surface area contributed by atoms with Crippen LogP contribution in [0.5, 0.6) is 0 Å². The van der Waals surface area contributed by atoms with E-state index in [2.05, 4.69) is 71.3 Å². The second-order valence-corrected chi connectivity index (χ2v) is 7.64. The Morgan fingerprint density at radius 3 is 2.60 bits per heavy atom. The molecule has 1 unspecified atom stereocenters. The third kappa shape index (κ3) is 4.57. The molecule has 1 fully saturated rings. The third-order valence-electron chi connectivity index (χ3n) is 4.33. The molecule has 1 saturated heterocycles. The summed E-state index contributed by atoms with van der Waals surface area (Å²) in [5.41, 5.74) is 1.87. The highest BCUT2D eigenvalue weighted by atomic mass is 79.9. The number of piperidine rings is 1. The number of benzene rings is 1. The van der Waals surface area contributed by atoms with Gasteiger partial charge in [-0.2, -0.15) is 0 Å². The molecule has 0 bridgehead atoms. The zero-order valence-corrected chi connectivity index (χ0v) is 14.5. The lowest BCUT2D eigenvalue weighted by Gasteiger charge is -2.38. The number of hydrogen-bond acceptors (Lipinski definition) is 2. The molecule has 2 nitrogen and oxygen atoms in total. The van der Waals surface area contributed by atoms with Gasteiger partial charge in [0.15, 0.2) is 0 Å². The van der Waals surface area contributed by atoms with Crippen LogP contribution in [0.1, 0.15) is 44.7 Å². The summed E-state index contributed by atoms with van der Waals surface area (Å²) in [6, 6.07) is 9.14. The maximum atomic E-state index is 3.50. The quantitative estimate of drug-likeness (QED) is 0.864. The molecule has 0 aliphatic carbocycles. The molecule has 0 amide bonds. The van der Waals surface area contributed by atoms with Crippen molar-refractivity contribution in [1.29, 1.82) is 0 Å². The predicted molar refractivity (Wildman–Crippen MR) is 90.0 cm³/mol. The van der Waals surface area contributed by atoms with Gasteiger partial charge in [0.25, 0.3) is 0 Å². The standard InChI is InChI=1S/C17H27BrN2/c1-17(2)10-4-11-20(13-17)12-9-16(19-3)14-5-7-15(18)8-6-14/h5-8,16,19H,4,9-13H2,1-3H3. The van der Waals surface area contributed by atoms with Gasteiger partial charge < -0.3 is 10.2 Å². The Kier molecular flexibility index (Phi) is 5.65. The van der Waals surface area contributed by atoms with Crippen LogP contribution in [0.4, 0.5) is 0 Å². The van der Waals surface area contributed by atoms with Gasteiger partial charge in [-0.3, -0.25) is 0 Å². The van der Waals surface area contributed by atoms with Crippen LogP contribution in [0.3, 0.4) is 0 Å². The molecule has 1 aliphatic heterocycles. The summed E-state index contributed by atoms with van der Waals surface area (Å²) >= 11 is 3.50. The molecule has 1 aromatic carbocycles. The van der Waals surface area contributed by atoms with E-state index in [9.17, 15) is 0 Å². The number of rotatable bonds is 5. The van der Waals surface area contributed by atoms with Crippen molar-refractivity contribution in [3.8, 4) is 0 Å². The maximum absolute atomic E-state index is 3.50. The molecule has 2 rings (SSSR count). The fourth-order valence-electron chi connectivity index (χ4n) is 3.22. The van der Waals surface area contributed by atoms with Gasteiger partial charge in [0.2, 0.25) is 0 Å². The van der Waals surface area contributed by atoms with E-state index in [1.54, 1.807) is 0 Å². The first-order chi connectivity index (χ1) is 9.50. The highest BCUT2D eigenvalue weighted by molar-refractivity contribution is 9.10. The molecule has 1 atom stereocenters. The summed E-state index contributed by atoms with van der Waals surface area (Å²) in [6.07, 6.45) is 3.88. The van der Waals surface area contributed by atoms with E-state index in [-0.39, 0.29) is 0 Å². The lowest BCUT2D eigenvalue weighted by molar-refractivity contribution is 0.113. The lowest BCUT2D eigenvalue weighted by Crippen LogP contribution is -2.41. The molecule has 0 aromatic heterocycles. The maximum Gasteiger partial charge on any atom is 0.0329 e. The minimum Gasteiger partial charge on any atom is -0.313 e. The average molecular weight is 339 g/mol. The number of hydrogen-bond donors (Lipinski definition) is 1. The van der Waals surface area contributed by atoms with Crippen LogP contribution in [-0.4, -0.2) is 31.6 Å². The molecule has 1 aromatic rings. The summed E-state index contributed by atoms with van der Waals surface area (Å²) in [5.74, 6) is 0. The van der Waals surface area contributed by atoms with Crippen LogP contribution in [0.2, 0.25) is 0 Å². The van der Waals surface area contributed by atoms with Crippen LogP contribution in [0.25, 0.3) is 0 Å². The minimum absolute atomic E-state index is 0.452. The van der Waals surface area contributed by atoms with Gasteiger partial charge in [-0.1, -0.05) is 41.9 Å². The van der Waals surface area contributed by atoms with E-state index in [0.717, 1.165) is 4.47 Å². The van der Waals surface area contributed by atoms with Crippen molar-refractivity contribution in [3.63, 3.8) is 0 Å². The first-order valence-electron chi connectivity index (χ1n) is 7.65. The molecule has 20 heavy (non-hydrogen) atoms. The first-order valence-corrected chi connectivity index (χ1v) is 8.44. The molecule has 1 N–H and O–H groups in total. The van der Waals surface area contributed by atoms with Gasteiger partial charge in [-0.15, -0.1) is 0 Å². The van der Waals surface area contributed by atoms with E-state index in [1.807, 2.05) is 0 Å². The lowest BCUT2D eigenvalue weighted by atomic mass is 9.84. The van der Waals surface area contributed by atoms with E-state index < -0.39 is 0 Å². The van der Waals surface area contributed by atoms with Gasteiger partial charge >= 0.3 is 0 Å². The number of nitrogens with zero attached hydrogens (tertiary/aromatic N) is 1. The van der Waals surface area contributed by atoms with Gasteiger partial charge in [0.1, 0.15) is 0 Å². The van der Waals surface area contributed by atoms with E-state index >= 15 is 0 Å². The van der Waals surface area contributed by atoms with E-state index in [4.69, 9.17) is 0 Å². The first kappa shape index (κ1) is 16.0. The predicted octanol–water partition coefficient (Wildman–Crippen LogP) is 4.22. The van der Waals surface area contributed by atoms with Crippen molar-refractivity contribution in [2.24, 2.45) is 5.41 Å². The summed E-state index contributed by atoms with van der Waals surface area (Å²) in [7, 11) is 2.06. The van der Waals surface area contributed by atoms with E-state index in [1.165, 1.54) is 44.5 Å². The van der Waals surface area contributed by atoms with Crippen LogP contribution in [0, 0.1) is 5.41 Å². The Bertz CT molecular complexity index is 414. The molecule has 1 aliphatic rings. The summed E-state index contributed by atoms with van der Waals surface area (Å²) in [6.45, 7) is 8.47. The summed E-state index contributed by atoms with van der Waals surface area (Å²) < 4.78 is 1.15. The Balaban J connectivity index is 1.89. The molecule has 0 spiro atoms. The normalized spacial score (nSPS) is 20.8. The molecular weight excluding hydrogens is 312 g/mol. The van der Waals surface area contributed by atoms with Crippen molar-refractivity contribution < 1.29 is 0 Å². The molecule has 3 heteroatoms. The second kappa shape index (κ2) is 7.06. The largest absolute Gasteiger partial charge is 0.313 e. The Morgan fingerprint density at radius 2 is 2.00 bits per heavy atom. The molecule has 112 valence electrons. The van der Waals surface area contributed by atoms with Crippen LogP contribution in [0.15, 0.2) is 28.7 Å². The highest BCUT2D eigenvalue weighted by Crippen LogP contribution is 2.29. The number of nitrogens with one attached hydrogen (secondary N) is 1. The van der Waals surface area contributed by atoms with Crippen molar-refractivity contribution in [1.82, 2.24) is 10.2 Å². The molecular formula is C17H27BrN2. The Hall–Kier alpha value is -0.380. The van der Waals surface area contributed by atoms with Crippen molar-refractivity contribution in [2.45, 2.75) is 39.2 Å². The number of likely N-dealkylation sites (tertiary alicyclic amines) is 1. The van der Waals surface area contributed by atoms with Crippen LogP contribution < -0.4 is 5.32 Å². The highest BCUT2D eigenvalue weighted by Gasteiger charge is 2.26. The summed E-state index contributed by atoms with van der Waals surface area (Å²) in [5, 5.41) is 3.46. The van der Waals surface area contributed by atoms with Gasteiger partial charge in [0.05, 0.1) is 0 Å². The topological polar surface area (TPSA) is 15.3 Å². The van der Waals surface area contributed by atoms with Crippen LogP contribution in [-0.2, 0) is 0 Å². The Morgan fingerprint density at radius 1 is 1.30 bits per heavy atom. The SMILES string of the molecule is CNC(CCN1CCCC(C)(C)C1)c1ccc(Br)cc1. The van der Waals surface area contributed by atoms with Crippen molar-refractivity contribution >= 4 is 15.9 Å². The van der Waals surface area contributed by atoms with Crippen LogP contribution >= 0.6 is 15.9 Å². The summed E-state index contributed by atoms with van der Waals surface area (Å²) in [4.78, 5) is 2.63. The van der Waals surface area contributed by atoms with Crippen molar-refractivity contribution in [3.05, 3.63) is 34.3 Å². The van der Waals surface area contributed by atoms with Gasteiger partial charge in [0, 0.05) is 17.1 Å². The smallest absolute Gasteiger partial charge is 0.0329 e. The van der Waals surface area contributed by atoms with E-state index in [0.29, 0.717) is 11.5 Å². The monoisotopic (exact) mass is 338 g/mol. The average Bonchev–Trinajstić information content (AvgIpc) is 2.40. The van der Waals surface area contributed by atoms with Crippen molar-refractivity contribution in [2.75, 3.05) is 26.7 Å². The molecule has 0 radical (unpaired) electrons. The zero-order chi connectivity index (χ0) is 14.6. The minimum atomic E-state index is 0.452. The van der Waals surface area contributed by atoms with Gasteiger partial charge in [-0.25, -0.2) is 0 Å². The number of halogens is 1. The molecule has 1 heterocycles. The molecule has 0 saturated carbocycles. The Labute approximate surface area is 132 Å². The fraction of sp³-hybridized carbons (Fsp3) is 0.647. The fourth-order valence-corrected chi connectivity index (χ4v) is 3.48.